The summed E-state index contributed by atoms with van der Waals surface area (Å²) in [6.45, 7) is 3.18. The number of nitrogens with zero attached hydrogens (tertiary/aromatic N) is 1. The molecule has 0 aliphatic rings. The first-order valence-electron chi connectivity index (χ1n) is 10.9. The predicted octanol–water partition coefficient (Wildman–Crippen LogP) is 5.29. The lowest BCUT2D eigenvalue weighted by Crippen LogP contribution is -2.14. The molecule has 0 atom stereocenters. The third kappa shape index (κ3) is 5.29. The molecule has 0 spiro atoms. The number of amides is 1. The number of carbonyl (C=O) groups excluding carboxylic acids is 1. The van der Waals surface area contributed by atoms with Crippen molar-refractivity contribution in [2.45, 2.75) is 19.9 Å². The Kier molecular flexibility index (Phi) is 6.83. The molecule has 1 amide bonds. The van der Waals surface area contributed by atoms with E-state index >= 15 is 0 Å². The van der Waals surface area contributed by atoms with Crippen molar-refractivity contribution in [2.75, 3.05) is 26.1 Å². The van der Waals surface area contributed by atoms with Crippen LogP contribution >= 0.6 is 0 Å². The Morgan fingerprint density at radius 2 is 1.61 bits per heavy atom. The van der Waals surface area contributed by atoms with E-state index in [0.29, 0.717) is 13.2 Å². The lowest BCUT2D eigenvalue weighted by molar-refractivity contribution is -0.115. The summed E-state index contributed by atoms with van der Waals surface area (Å²) in [5, 5.41) is 4.04. The number of para-hydroxylation sites is 1. The van der Waals surface area contributed by atoms with Crippen molar-refractivity contribution in [3.63, 3.8) is 0 Å². The van der Waals surface area contributed by atoms with Crippen LogP contribution in [-0.2, 0) is 17.8 Å². The van der Waals surface area contributed by atoms with Gasteiger partial charge in [0.05, 0.1) is 27.2 Å². The van der Waals surface area contributed by atoms with E-state index in [-0.39, 0.29) is 12.3 Å². The highest BCUT2D eigenvalue weighted by Crippen LogP contribution is 2.27. The smallest absolute Gasteiger partial charge is 0.228 e. The van der Waals surface area contributed by atoms with Crippen LogP contribution < -0.4 is 19.5 Å². The van der Waals surface area contributed by atoms with E-state index in [0.717, 1.165) is 45.0 Å². The SMILES string of the molecule is CCOc1ccc(NC(=O)Cc2cn(Cc3cc(OC)cc(OC)c3)c3ccccc23)cc1. The molecule has 4 aromatic rings. The van der Waals surface area contributed by atoms with Gasteiger partial charge in [-0.1, -0.05) is 18.2 Å². The van der Waals surface area contributed by atoms with E-state index in [1.165, 1.54) is 0 Å². The van der Waals surface area contributed by atoms with Crippen molar-refractivity contribution in [3.05, 3.63) is 84.1 Å². The molecule has 1 heterocycles. The van der Waals surface area contributed by atoms with Gasteiger partial charge in [0.25, 0.3) is 0 Å². The zero-order chi connectivity index (χ0) is 23.2. The lowest BCUT2D eigenvalue weighted by atomic mass is 10.1. The van der Waals surface area contributed by atoms with E-state index in [1.54, 1.807) is 14.2 Å². The standard InChI is InChI=1S/C27H28N2O4/c1-4-33-22-11-9-21(10-12-22)28-27(30)15-20-18-29(26-8-6-5-7-25(20)26)17-19-13-23(31-2)16-24(14-19)32-3/h5-14,16,18H,4,15,17H2,1-3H3,(H,28,30). The minimum Gasteiger partial charge on any atom is -0.497 e. The average molecular weight is 445 g/mol. The van der Waals surface area contributed by atoms with Gasteiger partial charge >= 0.3 is 0 Å². The molecule has 0 saturated heterocycles. The summed E-state index contributed by atoms with van der Waals surface area (Å²) in [7, 11) is 3.29. The van der Waals surface area contributed by atoms with Gasteiger partial charge in [-0.3, -0.25) is 4.79 Å². The zero-order valence-corrected chi connectivity index (χ0v) is 19.1. The lowest BCUT2D eigenvalue weighted by Gasteiger charge is -2.10. The van der Waals surface area contributed by atoms with Gasteiger partial charge in [-0.25, -0.2) is 0 Å². The average Bonchev–Trinajstić information content (AvgIpc) is 3.17. The number of rotatable bonds is 9. The third-order valence-corrected chi connectivity index (χ3v) is 5.44. The van der Waals surface area contributed by atoms with E-state index in [2.05, 4.69) is 22.0 Å². The minimum atomic E-state index is -0.0647. The highest BCUT2D eigenvalue weighted by Gasteiger charge is 2.13. The molecule has 33 heavy (non-hydrogen) atoms. The van der Waals surface area contributed by atoms with E-state index < -0.39 is 0 Å². The van der Waals surface area contributed by atoms with Crippen LogP contribution in [-0.4, -0.2) is 31.3 Å². The Balaban J connectivity index is 1.55. The third-order valence-electron chi connectivity index (χ3n) is 5.44. The molecule has 6 nitrogen and oxygen atoms in total. The molecule has 0 fully saturated rings. The molecule has 1 aromatic heterocycles. The Bertz CT molecular complexity index is 1220. The Morgan fingerprint density at radius 1 is 0.909 bits per heavy atom. The molecule has 6 heteroatoms. The number of benzene rings is 3. The van der Waals surface area contributed by atoms with Gasteiger partial charge in [0.2, 0.25) is 5.91 Å². The fraction of sp³-hybridized carbons (Fsp3) is 0.222. The highest BCUT2D eigenvalue weighted by molar-refractivity contribution is 5.96. The van der Waals surface area contributed by atoms with Crippen LogP contribution in [0.3, 0.4) is 0 Å². The van der Waals surface area contributed by atoms with Crippen LogP contribution in [0.4, 0.5) is 5.69 Å². The highest BCUT2D eigenvalue weighted by atomic mass is 16.5. The molecule has 3 aromatic carbocycles. The maximum Gasteiger partial charge on any atom is 0.228 e. The molecule has 0 bridgehead atoms. The second kappa shape index (κ2) is 10.1. The predicted molar refractivity (Wildman–Crippen MR) is 131 cm³/mol. The maximum absolute atomic E-state index is 12.8. The number of anilines is 1. The summed E-state index contributed by atoms with van der Waals surface area (Å²) >= 11 is 0. The number of hydrogen-bond donors (Lipinski definition) is 1. The number of carbonyl (C=O) groups is 1. The quantitative estimate of drug-likeness (QED) is 0.381. The van der Waals surface area contributed by atoms with Gasteiger partial charge in [-0.2, -0.15) is 0 Å². The molecular formula is C27H28N2O4. The van der Waals surface area contributed by atoms with Crippen molar-refractivity contribution in [2.24, 2.45) is 0 Å². The minimum absolute atomic E-state index is 0.0647. The van der Waals surface area contributed by atoms with E-state index in [9.17, 15) is 4.79 Å². The molecule has 4 rings (SSSR count). The summed E-state index contributed by atoms with van der Waals surface area (Å²) in [5.74, 6) is 2.21. The van der Waals surface area contributed by atoms with Crippen LogP contribution in [0.5, 0.6) is 17.2 Å². The maximum atomic E-state index is 12.8. The van der Waals surface area contributed by atoms with Crippen molar-refractivity contribution in [1.29, 1.82) is 0 Å². The topological polar surface area (TPSA) is 61.7 Å². The second-order valence-corrected chi connectivity index (χ2v) is 7.70. The Labute approximate surface area is 193 Å². The van der Waals surface area contributed by atoms with Crippen molar-refractivity contribution < 1.29 is 19.0 Å². The number of aromatic nitrogens is 1. The van der Waals surface area contributed by atoms with Crippen LogP contribution in [0.15, 0.2) is 72.9 Å². The number of nitrogens with one attached hydrogen (secondary N) is 1. The molecule has 1 N–H and O–H groups in total. The van der Waals surface area contributed by atoms with Crippen LogP contribution in [0, 0.1) is 0 Å². The number of methoxy groups -OCH3 is 2. The number of ether oxygens (including phenoxy) is 3. The summed E-state index contributed by atoms with van der Waals surface area (Å²) in [6.07, 6.45) is 2.33. The van der Waals surface area contributed by atoms with Crippen molar-refractivity contribution >= 4 is 22.5 Å². The summed E-state index contributed by atoms with van der Waals surface area (Å²) in [5.41, 5.74) is 3.85. The van der Waals surface area contributed by atoms with Crippen LogP contribution in [0.2, 0.25) is 0 Å². The molecule has 0 unspecified atom stereocenters. The van der Waals surface area contributed by atoms with Crippen LogP contribution in [0.25, 0.3) is 10.9 Å². The summed E-state index contributed by atoms with van der Waals surface area (Å²) in [4.78, 5) is 12.8. The second-order valence-electron chi connectivity index (χ2n) is 7.70. The van der Waals surface area contributed by atoms with Gasteiger partial charge in [-0.05, 0) is 60.5 Å². The Hall–Kier alpha value is -3.93. The molecule has 0 aliphatic carbocycles. The van der Waals surface area contributed by atoms with E-state index in [4.69, 9.17) is 14.2 Å². The van der Waals surface area contributed by atoms with Crippen molar-refractivity contribution in [1.82, 2.24) is 4.57 Å². The van der Waals surface area contributed by atoms with Crippen molar-refractivity contribution in [3.8, 4) is 17.2 Å². The van der Waals surface area contributed by atoms with E-state index in [1.807, 2.05) is 67.7 Å². The molecule has 0 aliphatic heterocycles. The number of fused-ring (bicyclic) bond motifs is 1. The molecule has 0 radical (unpaired) electrons. The monoisotopic (exact) mass is 444 g/mol. The largest absolute Gasteiger partial charge is 0.497 e. The van der Waals surface area contributed by atoms with Gasteiger partial charge in [0.1, 0.15) is 17.2 Å². The molecule has 170 valence electrons. The normalized spacial score (nSPS) is 10.8. The number of hydrogen-bond acceptors (Lipinski definition) is 4. The molecular weight excluding hydrogens is 416 g/mol. The van der Waals surface area contributed by atoms with Crippen LogP contribution in [0.1, 0.15) is 18.1 Å². The van der Waals surface area contributed by atoms with Gasteiger partial charge in [-0.15, -0.1) is 0 Å². The fourth-order valence-electron chi connectivity index (χ4n) is 3.93. The summed E-state index contributed by atoms with van der Waals surface area (Å²) < 4.78 is 18.4. The van der Waals surface area contributed by atoms with Gasteiger partial charge in [0, 0.05) is 35.4 Å². The summed E-state index contributed by atoms with van der Waals surface area (Å²) in [6, 6.07) is 21.4. The molecule has 0 saturated carbocycles. The fourth-order valence-corrected chi connectivity index (χ4v) is 3.93. The first kappa shape index (κ1) is 22.3. The first-order chi connectivity index (χ1) is 16.1. The van der Waals surface area contributed by atoms with Gasteiger partial charge in [0.15, 0.2) is 0 Å². The van der Waals surface area contributed by atoms with Gasteiger partial charge < -0.3 is 24.1 Å². The first-order valence-corrected chi connectivity index (χ1v) is 10.9. The Morgan fingerprint density at radius 3 is 2.27 bits per heavy atom. The zero-order valence-electron chi connectivity index (χ0n) is 19.1.